The molecule has 0 heterocycles. The average molecular weight is 599 g/mol. The Labute approximate surface area is 243 Å². The van der Waals surface area contributed by atoms with Crippen molar-refractivity contribution in [3.8, 4) is 11.5 Å². The van der Waals surface area contributed by atoms with E-state index < -0.39 is 21.4 Å². The van der Waals surface area contributed by atoms with E-state index in [1.54, 1.807) is 43.3 Å². The predicted molar refractivity (Wildman–Crippen MR) is 169 cm³/mol. The number of carboxylic acids is 1. The summed E-state index contributed by atoms with van der Waals surface area (Å²) in [6.07, 6.45) is 0.632. The zero-order chi connectivity index (χ0) is 32.0. The number of nitrogens with zero attached hydrogens (tertiary/aromatic N) is 1. The molecule has 13 nitrogen and oxygen atoms in total. The van der Waals surface area contributed by atoms with Gasteiger partial charge in [0.1, 0.15) is 11.6 Å². The van der Waals surface area contributed by atoms with E-state index >= 15 is 0 Å². The average Bonchev–Trinajstić information content (AvgIpc) is 2.91. The van der Waals surface area contributed by atoms with Gasteiger partial charge in [-0.2, -0.15) is 0 Å². The molecule has 232 valence electrons. The highest BCUT2D eigenvalue weighted by atomic mass is 32.2. The first-order valence-corrected chi connectivity index (χ1v) is 15.0. The zero-order valence-electron chi connectivity index (χ0n) is 24.8. The van der Waals surface area contributed by atoms with Gasteiger partial charge in [0.2, 0.25) is 6.54 Å². The van der Waals surface area contributed by atoms with E-state index in [1.807, 2.05) is 27.7 Å². The van der Waals surface area contributed by atoms with Crippen LogP contribution in [0.1, 0.15) is 52.2 Å². The second kappa shape index (κ2) is 21.7. The lowest BCUT2D eigenvalue weighted by atomic mass is 10.1. The first-order valence-electron chi connectivity index (χ1n) is 13.1. The molecule has 1 atom stereocenters. The Hall–Kier alpha value is -4.04. The molecule has 0 amide bonds. The van der Waals surface area contributed by atoms with Crippen LogP contribution in [-0.2, 0) is 21.0 Å². The number of rotatable bonds is 14. The van der Waals surface area contributed by atoms with Crippen LogP contribution in [0.5, 0.6) is 11.5 Å². The predicted octanol–water partition coefficient (Wildman–Crippen LogP) is 3.78. The molecule has 0 aromatic heterocycles. The molecule has 41 heavy (non-hydrogen) atoms. The summed E-state index contributed by atoms with van der Waals surface area (Å²) in [4.78, 5) is 20.1. The minimum Gasteiger partial charge on any atom is -0.490 e. The lowest BCUT2D eigenvalue weighted by molar-refractivity contribution is -0.479. The van der Waals surface area contributed by atoms with Crippen molar-refractivity contribution in [1.29, 1.82) is 5.41 Å². The van der Waals surface area contributed by atoms with Crippen molar-refractivity contribution in [2.45, 2.75) is 47.6 Å². The fourth-order valence-corrected chi connectivity index (χ4v) is 4.03. The first kappa shape index (κ1) is 39.1. The lowest BCUT2D eigenvalue weighted by Crippen LogP contribution is -2.23. The van der Waals surface area contributed by atoms with Crippen LogP contribution in [0.25, 0.3) is 0 Å². The van der Waals surface area contributed by atoms with Crippen LogP contribution < -0.4 is 31.0 Å². The number of ether oxygens (including phenoxy) is 2. The topological polar surface area (TPSA) is 216 Å². The number of hydrogen-bond acceptors (Lipinski definition) is 9. The Morgan fingerprint density at radius 2 is 1.61 bits per heavy atom. The zero-order valence-corrected chi connectivity index (χ0v) is 25.6. The highest BCUT2D eigenvalue weighted by molar-refractivity contribution is 8.02. The summed E-state index contributed by atoms with van der Waals surface area (Å²) < 4.78 is 26.7. The molecule has 8 N–H and O–H groups in total. The van der Waals surface area contributed by atoms with E-state index in [0.29, 0.717) is 54.5 Å². The molecular formula is C27H46N6O7S. The Morgan fingerprint density at radius 3 is 2.00 bits per heavy atom. The quantitative estimate of drug-likeness (QED) is 0.0608. The van der Waals surface area contributed by atoms with E-state index in [9.17, 15) is 19.1 Å². The van der Waals surface area contributed by atoms with E-state index in [1.165, 1.54) is 7.05 Å². The minimum atomic E-state index is -3.12. The van der Waals surface area contributed by atoms with Crippen LogP contribution in [0.4, 0.5) is 11.4 Å². The molecule has 0 aliphatic carbocycles. The van der Waals surface area contributed by atoms with Crippen molar-refractivity contribution in [2.24, 2.45) is 11.5 Å². The molecule has 0 saturated carbocycles. The number of nitro groups is 1. The normalized spacial score (nSPS) is 10.9. The van der Waals surface area contributed by atoms with E-state index in [4.69, 9.17) is 25.7 Å². The largest absolute Gasteiger partial charge is 0.490 e. The second-order valence-electron chi connectivity index (χ2n) is 7.68. The summed E-state index contributed by atoms with van der Waals surface area (Å²) >= 11 is 0. The van der Waals surface area contributed by atoms with Gasteiger partial charge in [0, 0.05) is 35.2 Å². The molecule has 14 heteroatoms. The van der Waals surface area contributed by atoms with E-state index in [0.717, 1.165) is 5.69 Å². The summed E-state index contributed by atoms with van der Waals surface area (Å²) in [5.74, 6) is 2.65. The van der Waals surface area contributed by atoms with Gasteiger partial charge < -0.3 is 36.1 Å². The number of nitrogen functional groups attached to an aromatic ring is 1. The summed E-state index contributed by atoms with van der Waals surface area (Å²) in [5, 5.41) is 29.1. The number of nitrogens with two attached hydrogens (primary N) is 2. The summed E-state index contributed by atoms with van der Waals surface area (Å²) in [7, 11) is -1.62. The number of carbonyl (C=O) groups is 1. The van der Waals surface area contributed by atoms with Crippen molar-refractivity contribution in [3.63, 3.8) is 0 Å². The number of anilines is 2. The maximum atomic E-state index is 12.6. The second-order valence-corrected chi connectivity index (χ2v) is 9.79. The highest BCUT2D eigenvalue weighted by Crippen LogP contribution is 2.35. The van der Waals surface area contributed by atoms with E-state index in [-0.39, 0.29) is 17.3 Å². The fraction of sp³-hybridized carbons (Fsp3) is 0.444. The monoisotopic (exact) mass is 598 g/mol. The van der Waals surface area contributed by atoms with Crippen LogP contribution in [0.15, 0.2) is 36.4 Å². The number of hydrogen-bond donors (Lipinski definition) is 6. The van der Waals surface area contributed by atoms with Crippen LogP contribution in [0, 0.1) is 15.5 Å². The Balaban J connectivity index is 0. The molecule has 2 rings (SSSR count). The van der Waals surface area contributed by atoms with Crippen molar-refractivity contribution in [1.82, 2.24) is 0 Å². The molecule has 0 fully saturated rings. The third kappa shape index (κ3) is 16.6. The van der Waals surface area contributed by atoms with Crippen molar-refractivity contribution in [3.05, 3.63) is 57.6 Å². The third-order valence-corrected chi connectivity index (χ3v) is 5.81. The SMILES string of the molecule is C=S(=O)(CC(=O)O)Nc1cc(OCC)c(OCC)cc1CNc1ccc(C(=N)N)cc1.CC.CCC[N+](=O)[O-].CN. The number of nitrogens with one attached hydrogen (secondary N) is 3. The van der Waals surface area contributed by atoms with Gasteiger partial charge in [0.05, 0.1) is 28.6 Å². The van der Waals surface area contributed by atoms with Crippen molar-refractivity contribution in [2.75, 3.05) is 42.6 Å². The van der Waals surface area contributed by atoms with Crippen molar-refractivity contribution < 1.29 is 28.5 Å². The van der Waals surface area contributed by atoms with Gasteiger partial charge in [0.15, 0.2) is 11.5 Å². The molecule has 0 saturated heterocycles. The highest BCUT2D eigenvalue weighted by Gasteiger charge is 2.17. The fourth-order valence-electron chi connectivity index (χ4n) is 2.96. The van der Waals surface area contributed by atoms with Crippen molar-refractivity contribution >= 4 is 38.8 Å². The number of aliphatic carboxylic acids is 1. The molecule has 0 radical (unpaired) electrons. The van der Waals surface area contributed by atoms with Gasteiger partial charge in [-0.05, 0) is 62.7 Å². The molecule has 0 aliphatic rings. The molecule has 0 aliphatic heterocycles. The Morgan fingerprint density at radius 1 is 1.10 bits per heavy atom. The van der Waals surface area contributed by atoms with E-state index in [2.05, 4.69) is 21.6 Å². The number of amidine groups is 1. The summed E-state index contributed by atoms with van der Waals surface area (Å²) in [6.45, 7) is 10.7. The Bertz CT molecular complexity index is 1170. The molecule has 1 unspecified atom stereocenters. The standard InChI is InChI=1S/C21H28N4O5S.C3H7NO2.C2H6.CH5N/c1-4-29-18-10-15(12-24-16-8-6-14(7-9-16)21(22)23)17(11-19(18)30-5-2)25-31(3,28)13-20(26)27;1-2-3-4(5)6;2*1-2/h6-11,24H,3-5,12-13H2,1-2H3,(H3,22,23)(H,25,28)(H,26,27);2-3H2,1H3;1-2H3;2H2,1H3. The first-order chi connectivity index (χ1) is 19.4. The van der Waals surface area contributed by atoms with Gasteiger partial charge in [-0.15, -0.1) is 0 Å². The maximum Gasteiger partial charge on any atom is 0.317 e. The van der Waals surface area contributed by atoms with Crippen LogP contribution in [0.2, 0.25) is 0 Å². The summed E-state index contributed by atoms with van der Waals surface area (Å²) in [5.41, 5.74) is 12.5. The van der Waals surface area contributed by atoms with Gasteiger partial charge in [-0.3, -0.25) is 20.3 Å². The number of benzene rings is 2. The van der Waals surface area contributed by atoms with Crippen LogP contribution in [-0.4, -0.2) is 64.5 Å². The molecule has 2 aromatic carbocycles. The van der Waals surface area contributed by atoms with Crippen LogP contribution >= 0.6 is 0 Å². The molecular weight excluding hydrogens is 552 g/mol. The Kier molecular flexibility index (Phi) is 20.7. The molecule has 0 bridgehead atoms. The third-order valence-electron chi connectivity index (χ3n) is 4.51. The molecule has 2 aromatic rings. The molecule has 0 spiro atoms. The van der Waals surface area contributed by atoms with Gasteiger partial charge >= 0.3 is 5.97 Å². The van der Waals surface area contributed by atoms with Crippen LogP contribution in [0.3, 0.4) is 0 Å². The van der Waals surface area contributed by atoms with Gasteiger partial charge in [-0.1, -0.05) is 20.8 Å². The number of carboxylic acid groups (broad SMARTS) is 1. The summed E-state index contributed by atoms with van der Waals surface area (Å²) in [6, 6.07) is 10.4. The lowest BCUT2D eigenvalue weighted by Gasteiger charge is -2.19. The maximum absolute atomic E-state index is 12.6. The van der Waals surface area contributed by atoms with Gasteiger partial charge in [0.25, 0.3) is 0 Å². The smallest absolute Gasteiger partial charge is 0.317 e. The minimum absolute atomic E-state index is 0.0189. The van der Waals surface area contributed by atoms with Gasteiger partial charge in [-0.25, -0.2) is 4.21 Å².